The molecule has 3 aromatic rings. The molecule has 0 saturated carbocycles. The predicted molar refractivity (Wildman–Crippen MR) is 119 cm³/mol. The number of hydrogen-bond donors (Lipinski definition) is 2. The number of morpholine rings is 1. The second kappa shape index (κ2) is 8.81. The first kappa shape index (κ1) is 20.3. The number of nitrogens with zero attached hydrogens (tertiary/aromatic N) is 2. The van der Waals surface area contributed by atoms with Crippen molar-refractivity contribution in [1.29, 1.82) is 0 Å². The number of rotatable bonds is 5. The van der Waals surface area contributed by atoms with Gasteiger partial charge in [0.05, 0.1) is 23.4 Å². The Balaban J connectivity index is 1.41. The third-order valence-corrected chi connectivity index (χ3v) is 6.03. The van der Waals surface area contributed by atoms with Gasteiger partial charge in [0.1, 0.15) is 6.04 Å². The highest BCUT2D eigenvalue weighted by Crippen LogP contribution is 2.31. The average Bonchev–Trinajstić information content (AvgIpc) is 3.17. The maximum atomic E-state index is 12.6. The van der Waals surface area contributed by atoms with E-state index in [2.05, 4.69) is 15.5 Å². The van der Waals surface area contributed by atoms with Gasteiger partial charge >= 0.3 is 0 Å². The lowest BCUT2D eigenvalue weighted by atomic mass is 10.1. The smallest absolute Gasteiger partial charge is 0.251 e. The number of ether oxygens (including phenoxy) is 1. The first-order valence-electron chi connectivity index (χ1n) is 9.91. The van der Waals surface area contributed by atoms with E-state index in [1.807, 2.05) is 37.3 Å². The molecular formula is C22H24N4O3S. The summed E-state index contributed by atoms with van der Waals surface area (Å²) >= 11 is 1.60. The molecule has 8 heteroatoms. The fraction of sp³-hybridized carbons (Fsp3) is 0.318. The first-order chi connectivity index (χ1) is 14.5. The molecule has 0 radical (unpaired) electrons. The van der Waals surface area contributed by atoms with Crippen LogP contribution in [0.5, 0.6) is 0 Å². The van der Waals surface area contributed by atoms with E-state index in [0.29, 0.717) is 24.5 Å². The molecule has 2 aromatic carbocycles. The highest BCUT2D eigenvalue weighted by atomic mass is 32.1. The number of benzene rings is 2. The van der Waals surface area contributed by atoms with Crippen LogP contribution < -0.4 is 15.5 Å². The standard InChI is InChI=1S/C22H24N4O3S/c1-14-4-3-5-16(12-14)21(28)23-15(2)20(27)24-17-6-7-18-19(13-17)30-22(25-18)26-8-10-29-11-9-26/h3-7,12-13,15H,8-11H2,1-2H3,(H,23,28)(H,24,27). The van der Waals surface area contributed by atoms with Gasteiger partial charge in [-0.2, -0.15) is 0 Å². The van der Waals surface area contributed by atoms with Crippen LogP contribution in [0.3, 0.4) is 0 Å². The first-order valence-corrected chi connectivity index (χ1v) is 10.7. The van der Waals surface area contributed by atoms with Crippen LogP contribution in [0.4, 0.5) is 10.8 Å². The third-order valence-electron chi connectivity index (χ3n) is 4.95. The van der Waals surface area contributed by atoms with E-state index < -0.39 is 6.04 Å². The van der Waals surface area contributed by atoms with Gasteiger partial charge in [0, 0.05) is 24.3 Å². The fourth-order valence-corrected chi connectivity index (χ4v) is 4.32. The number of carbonyl (C=O) groups is 2. The Bertz CT molecular complexity index is 1080. The average molecular weight is 425 g/mol. The van der Waals surface area contributed by atoms with Gasteiger partial charge in [-0.3, -0.25) is 9.59 Å². The van der Waals surface area contributed by atoms with Gasteiger partial charge in [-0.1, -0.05) is 29.0 Å². The zero-order valence-electron chi connectivity index (χ0n) is 17.0. The maximum absolute atomic E-state index is 12.6. The van der Waals surface area contributed by atoms with Crippen molar-refractivity contribution in [2.45, 2.75) is 19.9 Å². The van der Waals surface area contributed by atoms with Gasteiger partial charge < -0.3 is 20.3 Å². The molecule has 2 heterocycles. The van der Waals surface area contributed by atoms with Crippen molar-refractivity contribution in [2.24, 2.45) is 0 Å². The third kappa shape index (κ3) is 4.60. The van der Waals surface area contributed by atoms with Gasteiger partial charge in [0.15, 0.2) is 5.13 Å². The minimum Gasteiger partial charge on any atom is -0.378 e. The van der Waals surface area contributed by atoms with Crippen LogP contribution in [0.25, 0.3) is 10.2 Å². The van der Waals surface area contributed by atoms with Gasteiger partial charge in [0.25, 0.3) is 5.91 Å². The van der Waals surface area contributed by atoms with E-state index in [1.54, 1.807) is 30.4 Å². The van der Waals surface area contributed by atoms with E-state index in [1.165, 1.54) is 0 Å². The number of anilines is 2. The Morgan fingerprint density at radius 2 is 1.97 bits per heavy atom. The SMILES string of the molecule is Cc1cccc(C(=O)NC(C)C(=O)Nc2ccc3nc(N4CCOCC4)sc3c2)c1. The van der Waals surface area contributed by atoms with Crippen molar-refractivity contribution in [2.75, 3.05) is 36.5 Å². The maximum Gasteiger partial charge on any atom is 0.251 e. The summed E-state index contributed by atoms with van der Waals surface area (Å²) in [4.78, 5) is 31.9. The summed E-state index contributed by atoms with van der Waals surface area (Å²) in [5.41, 5.74) is 3.12. The van der Waals surface area contributed by atoms with E-state index in [0.717, 1.165) is 34.0 Å². The van der Waals surface area contributed by atoms with Gasteiger partial charge in [-0.15, -0.1) is 0 Å². The molecule has 0 spiro atoms. The molecule has 1 aliphatic rings. The molecule has 156 valence electrons. The fourth-order valence-electron chi connectivity index (χ4n) is 3.26. The Hall–Kier alpha value is -2.97. The van der Waals surface area contributed by atoms with Crippen LogP contribution >= 0.6 is 11.3 Å². The second-order valence-corrected chi connectivity index (χ2v) is 8.34. The normalized spacial score (nSPS) is 15.1. The van der Waals surface area contributed by atoms with E-state index in [-0.39, 0.29) is 11.8 Å². The van der Waals surface area contributed by atoms with E-state index >= 15 is 0 Å². The van der Waals surface area contributed by atoms with Gasteiger partial charge in [-0.25, -0.2) is 4.98 Å². The summed E-state index contributed by atoms with van der Waals surface area (Å²) in [6, 6.07) is 12.3. The molecule has 7 nitrogen and oxygen atoms in total. The van der Waals surface area contributed by atoms with E-state index in [9.17, 15) is 9.59 Å². The van der Waals surface area contributed by atoms with Gasteiger partial charge in [-0.05, 0) is 44.2 Å². The van der Waals surface area contributed by atoms with Crippen molar-refractivity contribution in [3.05, 3.63) is 53.6 Å². The molecule has 1 atom stereocenters. The number of nitrogens with one attached hydrogen (secondary N) is 2. The van der Waals surface area contributed by atoms with Crippen molar-refractivity contribution in [1.82, 2.24) is 10.3 Å². The number of amides is 2. The van der Waals surface area contributed by atoms with Crippen molar-refractivity contribution >= 4 is 44.2 Å². The molecule has 1 saturated heterocycles. The number of thiazole rings is 1. The largest absolute Gasteiger partial charge is 0.378 e. The predicted octanol–water partition coefficient (Wildman–Crippen LogP) is 3.20. The second-order valence-electron chi connectivity index (χ2n) is 7.33. The summed E-state index contributed by atoms with van der Waals surface area (Å²) in [5.74, 6) is -0.539. The van der Waals surface area contributed by atoms with E-state index in [4.69, 9.17) is 9.72 Å². The number of fused-ring (bicyclic) bond motifs is 1. The molecule has 2 N–H and O–H groups in total. The molecular weight excluding hydrogens is 400 g/mol. The topological polar surface area (TPSA) is 83.6 Å². The number of aryl methyl sites for hydroxylation is 1. The quantitative estimate of drug-likeness (QED) is 0.657. The lowest BCUT2D eigenvalue weighted by Crippen LogP contribution is -2.41. The van der Waals surface area contributed by atoms with Crippen LogP contribution in [0.2, 0.25) is 0 Å². The Kier molecular flexibility index (Phi) is 5.96. The molecule has 1 aromatic heterocycles. The molecule has 30 heavy (non-hydrogen) atoms. The molecule has 0 bridgehead atoms. The Labute approximate surface area is 179 Å². The van der Waals surface area contributed by atoms with Crippen molar-refractivity contribution in [3.63, 3.8) is 0 Å². The lowest BCUT2D eigenvalue weighted by molar-refractivity contribution is -0.117. The minimum absolute atomic E-state index is 0.269. The summed E-state index contributed by atoms with van der Waals surface area (Å²) in [6.07, 6.45) is 0. The van der Waals surface area contributed by atoms with Crippen molar-refractivity contribution < 1.29 is 14.3 Å². The molecule has 0 aliphatic carbocycles. The summed E-state index contributed by atoms with van der Waals surface area (Å²) < 4.78 is 6.41. The van der Waals surface area contributed by atoms with Crippen LogP contribution in [-0.4, -0.2) is 49.1 Å². The van der Waals surface area contributed by atoms with Crippen LogP contribution in [0.1, 0.15) is 22.8 Å². The summed E-state index contributed by atoms with van der Waals surface area (Å²) in [5, 5.41) is 6.60. The molecule has 1 unspecified atom stereocenters. The number of carbonyl (C=O) groups excluding carboxylic acids is 2. The number of hydrogen-bond acceptors (Lipinski definition) is 6. The highest BCUT2D eigenvalue weighted by Gasteiger charge is 2.18. The minimum atomic E-state index is -0.668. The molecule has 1 fully saturated rings. The summed E-state index contributed by atoms with van der Waals surface area (Å²) in [7, 11) is 0. The Morgan fingerprint density at radius 1 is 1.17 bits per heavy atom. The monoisotopic (exact) mass is 424 g/mol. The molecule has 2 amide bonds. The van der Waals surface area contributed by atoms with Crippen LogP contribution in [-0.2, 0) is 9.53 Å². The highest BCUT2D eigenvalue weighted by molar-refractivity contribution is 7.22. The molecule has 4 rings (SSSR count). The van der Waals surface area contributed by atoms with Crippen molar-refractivity contribution in [3.8, 4) is 0 Å². The zero-order valence-corrected chi connectivity index (χ0v) is 17.8. The van der Waals surface area contributed by atoms with Crippen LogP contribution in [0, 0.1) is 6.92 Å². The lowest BCUT2D eigenvalue weighted by Gasteiger charge is -2.25. The molecule has 1 aliphatic heterocycles. The summed E-state index contributed by atoms with van der Waals surface area (Å²) in [6.45, 7) is 6.69. The zero-order chi connectivity index (χ0) is 21.1. The van der Waals surface area contributed by atoms with Gasteiger partial charge in [0.2, 0.25) is 5.91 Å². The Morgan fingerprint density at radius 3 is 2.73 bits per heavy atom. The van der Waals surface area contributed by atoms with Crippen LogP contribution in [0.15, 0.2) is 42.5 Å². The number of aromatic nitrogens is 1.